The van der Waals surface area contributed by atoms with E-state index in [-0.39, 0.29) is 12.5 Å². The van der Waals surface area contributed by atoms with E-state index in [0.717, 1.165) is 0 Å². The van der Waals surface area contributed by atoms with Gasteiger partial charge < -0.3 is 20.3 Å². The normalized spacial score (nSPS) is 30.6. The number of aliphatic hydroxyl groups excluding tert-OH is 1. The van der Waals surface area contributed by atoms with E-state index in [9.17, 15) is 4.79 Å². The number of carbonyl (C=O) groups excluding carboxylic acids is 1. The monoisotopic (exact) mass is 277 g/mol. The van der Waals surface area contributed by atoms with E-state index in [2.05, 4.69) is 16.8 Å². The Bertz CT molecular complexity index is 515. The molecule has 0 aromatic carbocycles. The van der Waals surface area contributed by atoms with Gasteiger partial charge in [0, 0.05) is 37.4 Å². The third-order valence-corrected chi connectivity index (χ3v) is 5.03. The average molecular weight is 277 g/mol. The summed E-state index contributed by atoms with van der Waals surface area (Å²) < 4.78 is 1.91. The predicted octanol–water partition coefficient (Wildman–Crippen LogP) is 0.531. The number of aryl methyl sites for hydroxylation is 1. The fourth-order valence-corrected chi connectivity index (χ4v) is 3.81. The third kappa shape index (κ3) is 1.88. The maximum absolute atomic E-state index is 12.1. The minimum Gasteiger partial charge on any atom is -0.396 e. The molecular formula is C15H23N3O2. The molecule has 0 saturated heterocycles. The Morgan fingerprint density at radius 3 is 2.75 bits per heavy atom. The van der Waals surface area contributed by atoms with Crippen molar-refractivity contribution in [2.75, 3.05) is 20.2 Å². The Morgan fingerprint density at radius 1 is 1.45 bits per heavy atom. The fraction of sp³-hybridized carbons (Fsp3) is 0.667. The lowest BCUT2D eigenvalue weighted by atomic mass is 9.38. The van der Waals surface area contributed by atoms with Gasteiger partial charge >= 0.3 is 0 Å². The molecule has 0 spiro atoms. The number of rotatable bonds is 6. The van der Waals surface area contributed by atoms with Crippen LogP contribution in [0.5, 0.6) is 0 Å². The van der Waals surface area contributed by atoms with Gasteiger partial charge in [-0.05, 0) is 44.4 Å². The standard InChI is InChI=1S/C15H23N3O2/c1-16-15-8-14(9-15,10-15)11-6-12(18(2)7-11)13(20)17-4-3-5-19/h6-7,16,19H,3-5,8-10H2,1-2H3,(H,17,20). The van der Waals surface area contributed by atoms with Crippen LogP contribution >= 0.6 is 0 Å². The molecule has 0 unspecified atom stereocenters. The quantitative estimate of drug-likeness (QED) is 0.665. The summed E-state index contributed by atoms with van der Waals surface area (Å²) in [6, 6.07) is 2.03. The zero-order valence-corrected chi connectivity index (χ0v) is 12.2. The van der Waals surface area contributed by atoms with E-state index < -0.39 is 0 Å². The second kappa shape index (κ2) is 4.60. The molecule has 3 fully saturated rings. The van der Waals surface area contributed by atoms with Crippen LogP contribution in [-0.2, 0) is 12.5 Å². The lowest BCUT2D eigenvalue weighted by molar-refractivity contribution is -0.0831. The molecule has 1 aromatic rings. The van der Waals surface area contributed by atoms with Gasteiger partial charge in [0.15, 0.2) is 0 Å². The maximum Gasteiger partial charge on any atom is 0.267 e. The first-order valence-electron chi connectivity index (χ1n) is 7.29. The molecule has 4 rings (SSSR count). The van der Waals surface area contributed by atoms with E-state index in [0.29, 0.717) is 29.6 Å². The molecule has 3 aliphatic carbocycles. The smallest absolute Gasteiger partial charge is 0.267 e. The molecule has 0 aliphatic heterocycles. The molecule has 5 heteroatoms. The van der Waals surface area contributed by atoms with Crippen molar-refractivity contribution in [3.8, 4) is 0 Å². The molecule has 1 amide bonds. The van der Waals surface area contributed by atoms with Crippen molar-refractivity contribution in [3.05, 3.63) is 23.5 Å². The molecule has 5 nitrogen and oxygen atoms in total. The van der Waals surface area contributed by atoms with Crippen LogP contribution in [0.2, 0.25) is 0 Å². The first kappa shape index (κ1) is 13.6. The number of amides is 1. The van der Waals surface area contributed by atoms with Crippen LogP contribution in [0.25, 0.3) is 0 Å². The van der Waals surface area contributed by atoms with Crippen LogP contribution in [-0.4, -0.2) is 41.3 Å². The highest BCUT2D eigenvalue weighted by atomic mass is 16.3. The van der Waals surface area contributed by atoms with Crippen molar-refractivity contribution in [3.63, 3.8) is 0 Å². The maximum atomic E-state index is 12.1. The topological polar surface area (TPSA) is 66.3 Å². The molecule has 1 aromatic heterocycles. The number of nitrogens with one attached hydrogen (secondary N) is 2. The molecule has 2 bridgehead atoms. The van der Waals surface area contributed by atoms with Crippen molar-refractivity contribution in [2.45, 2.75) is 36.6 Å². The van der Waals surface area contributed by atoms with Crippen molar-refractivity contribution in [1.82, 2.24) is 15.2 Å². The summed E-state index contributed by atoms with van der Waals surface area (Å²) in [6.07, 6.45) is 6.25. The van der Waals surface area contributed by atoms with Crippen molar-refractivity contribution in [1.29, 1.82) is 0 Å². The number of aromatic nitrogens is 1. The number of hydrogen-bond donors (Lipinski definition) is 3. The summed E-state index contributed by atoms with van der Waals surface area (Å²) in [5.74, 6) is -0.0536. The lowest BCUT2D eigenvalue weighted by Crippen LogP contribution is -2.75. The first-order chi connectivity index (χ1) is 9.54. The summed E-state index contributed by atoms with van der Waals surface area (Å²) in [5.41, 5.74) is 2.69. The second-order valence-corrected chi connectivity index (χ2v) is 6.40. The highest BCUT2D eigenvalue weighted by Gasteiger charge is 2.67. The molecule has 110 valence electrons. The van der Waals surface area contributed by atoms with Crippen LogP contribution < -0.4 is 10.6 Å². The van der Waals surface area contributed by atoms with E-state index in [1.165, 1.54) is 24.8 Å². The molecule has 20 heavy (non-hydrogen) atoms. The first-order valence-corrected chi connectivity index (χ1v) is 7.29. The van der Waals surface area contributed by atoms with Gasteiger partial charge in [-0.15, -0.1) is 0 Å². The van der Waals surface area contributed by atoms with Crippen LogP contribution in [0.3, 0.4) is 0 Å². The van der Waals surface area contributed by atoms with Gasteiger partial charge in [-0.25, -0.2) is 0 Å². The SMILES string of the molecule is CNC12CC(c3cc(C(=O)NCCCO)n(C)c3)(C1)C2. The molecule has 3 N–H and O–H groups in total. The molecule has 3 saturated carbocycles. The van der Waals surface area contributed by atoms with E-state index in [1.807, 2.05) is 24.7 Å². The van der Waals surface area contributed by atoms with Crippen molar-refractivity contribution < 1.29 is 9.90 Å². The predicted molar refractivity (Wildman–Crippen MR) is 76.8 cm³/mol. The van der Waals surface area contributed by atoms with E-state index in [4.69, 9.17) is 5.11 Å². The minimum atomic E-state index is -0.0536. The van der Waals surface area contributed by atoms with Gasteiger partial charge in [0.25, 0.3) is 5.91 Å². The molecule has 0 atom stereocenters. The summed E-state index contributed by atoms with van der Waals surface area (Å²) in [5, 5.41) is 15.0. The third-order valence-electron chi connectivity index (χ3n) is 5.03. The number of carbonyl (C=O) groups is 1. The number of nitrogens with zero attached hydrogens (tertiary/aromatic N) is 1. The van der Waals surface area contributed by atoms with Crippen LogP contribution in [0.15, 0.2) is 12.3 Å². The molecule has 1 heterocycles. The van der Waals surface area contributed by atoms with Crippen LogP contribution in [0, 0.1) is 0 Å². The van der Waals surface area contributed by atoms with Gasteiger partial charge in [0.05, 0.1) is 0 Å². The van der Waals surface area contributed by atoms with Gasteiger partial charge in [-0.1, -0.05) is 0 Å². The molecule has 0 radical (unpaired) electrons. The summed E-state index contributed by atoms with van der Waals surface area (Å²) in [4.78, 5) is 12.1. The van der Waals surface area contributed by atoms with Crippen molar-refractivity contribution in [2.24, 2.45) is 7.05 Å². The largest absolute Gasteiger partial charge is 0.396 e. The zero-order valence-electron chi connectivity index (χ0n) is 12.2. The molecule has 3 aliphatic rings. The number of hydrogen-bond acceptors (Lipinski definition) is 3. The Labute approximate surface area is 119 Å². The van der Waals surface area contributed by atoms with Crippen LogP contribution in [0.4, 0.5) is 0 Å². The zero-order chi connectivity index (χ0) is 14.4. The van der Waals surface area contributed by atoms with E-state index in [1.54, 1.807) is 0 Å². The fourth-order valence-electron chi connectivity index (χ4n) is 3.81. The van der Waals surface area contributed by atoms with Gasteiger partial charge in [0.1, 0.15) is 5.69 Å². The lowest BCUT2D eigenvalue weighted by Gasteiger charge is -2.70. The van der Waals surface area contributed by atoms with E-state index >= 15 is 0 Å². The van der Waals surface area contributed by atoms with Gasteiger partial charge in [0.2, 0.25) is 0 Å². The number of aliphatic hydroxyl groups is 1. The Hall–Kier alpha value is -1.33. The van der Waals surface area contributed by atoms with Crippen molar-refractivity contribution >= 4 is 5.91 Å². The minimum absolute atomic E-state index is 0.0536. The summed E-state index contributed by atoms with van der Waals surface area (Å²) >= 11 is 0. The summed E-state index contributed by atoms with van der Waals surface area (Å²) in [7, 11) is 3.96. The Balaban J connectivity index is 1.68. The highest BCUT2D eigenvalue weighted by Crippen LogP contribution is 2.67. The highest BCUT2D eigenvalue weighted by molar-refractivity contribution is 5.93. The van der Waals surface area contributed by atoms with Gasteiger partial charge in [-0.3, -0.25) is 4.79 Å². The Kier molecular flexibility index (Phi) is 3.14. The average Bonchev–Trinajstić information content (AvgIpc) is 2.69. The molecular weight excluding hydrogens is 254 g/mol. The second-order valence-electron chi connectivity index (χ2n) is 6.40. The van der Waals surface area contributed by atoms with Gasteiger partial charge in [-0.2, -0.15) is 0 Å². The van der Waals surface area contributed by atoms with Crippen LogP contribution in [0.1, 0.15) is 41.7 Å². The summed E-state index contributed by atoms with van der Waals surface area (Å²) in [6.45, 7) is 0.623. The Morgan fingerprint density at radius 2 is 2.15 bits per heavy atom.